The van der Waals surface area contributed by atoms with E-state index in [-0.39, 0.29) is 17.7 Å². The Morgan fingerprint density at radius 3 is 2.48 bits per heavy atom. The van der Waals surface area contributed by atoms with Gasteiger partial charge in [-0.2, -0.15) is 0 Å². The van der Waals surface area contributed by atoms with Crippen LogP contribution in [0.4, 0.5) is 0 Å². The van der Waals surface area contributed by atoms with Crippen molar-refractivity contribution < 1.29 is 14.6 Å². The minimum absolute atomic E-state index is 0.157. The summed E-state index contributed by atoms with van der Waals surface area (Å²) >= 11 is 0. The first-order valence-corrected chi connectivity index (χ1v) is 8.04. The summed E-state index contributed by atoms with van der Waals surface area (Å²) in [6.45, 7) is 6.57. The van der Waals surface area contributed by atoms with E-state index in [2.05, 4.69) is 5.32 Å². The Bertz CT molecular complexity index is 497. The standard InChI is InChI=1S/C17H29N3O3/c1-11-8-14(21)9-12(2)16(11)23-10-13(3)20-17(22)15(19)6-4-5-7-18/h8-9,13,15,21H,4-7,10,18-19H2,1-3H3,(H,20,22)/t13?,15-/m0/s1. The number of rotatable bonds is 9. The average molecular weight is 323 g/mol. The molecule has 0 aliphatic heterocycles. The van der Waals surface area contributed by atoms with E-state index < -0.39 is 6.04 Å². The van der Waals surface area contributed by atoms with Gasteiger partial charge in [-0.05, 0) is 63.4 Å². The Kier molecular flexibility index (Phi) is 7.85. The summed E-state index contributed by atoms with van der Waals surface area (Å²) in [6.07, 6.45) is 2.35. The second-order valence-corrected chi connectivity index (χ2v) is 6.02. The van der Waals surface area contributed by atoms with Gasteiger partial charge in [-0.3, -0.25) is 4.79 Å². The molecule has 0 bridgehead atoms. The molecule has 0 heterocycles. The molecule has 1 aromatic rings. The molecule has 0 aliphatic rings. The lowest BCUT2D eigenvalue weighted by Gasteiger charge is -2.19. The molecule has 6 nitrogen and oxygen atoms in total. The highest BCUT2D eigenvalue weighted by Gasteiger charge is 2.16. The summed E-state index contributed by atoms with van der Waals surface area (Å²) in [5.41, 5.74) is 13.0. The molecule has 0 fully saturated rings. The van der Waals surface area contributed by atoms with Crippen LogP contribution in [0.25, 0.3) is 0 Å². The lowest BCUT2D eigenvalue weighted by molar-refractivity contribution is -0.123. The minimum atomic E-state index is -0.513. The molecule has 6 N–H and O–H groups in total. The van der Waals surface area contributed by atoms with Gasteiger partial charge in [-0.1, -0.05) is 6.42 Å². The van der Waals surface area contributed by atoms with Crippen molar-refractivity contribution in [3.05, 3.63) is 23.3 Å². The predicted octanol–water partition coefficient (Wildman–Crippen LogP) is 1.35. The third kappa shape index (κ3) is 6.46. The third-order valence-corrected chi connectivity index (χ3v) is 3.62. The Morgan fingerprint density at radius 2 is 1.91 bits per heavy atom. The van der Waals surface area contributed by atoms with E-state index in [0.717, 1.165) is 29.7 Å². The normalized spacial score (nSPS) is 13.4. The first kappa shape index (κ1) is 19.3. The van der Waals surface area contributed by atoms with Crippen LogP contribution in [0.2, 0.25) is 0 Å². The molecule has 6 heteroatoms. The van der Waals surface area contributed by atoms with Crippen LogP contribution < -0.4 is 21.5 Å². The number of amides is 1. The second-order valence-electron chi connectivity index (χ2n) is 6.02. The van der Waals surface area contributed by atoms with Gasteiger partial charge in [0.15, 0.2) is 0 Å². The van der Waals surface area contributed by atoms with Crippen molar-refractivity contribution in [2.75, 3.05) is 13.2 Å². The van der Waals surface area contributed by atoms with Crippen molar-refractivity contribution in [2.24, 2.45) is 11.5 Å². The maximum absolute atomic E-state index is 12.0. The maximum Gasteiger partial charge on any atom is 0.237 e. The average Bonchev–Trinajstić information content (AvgIpc) is 2.46. The zero-order valence-electron chi connectivity index (χ0n) is 14.3. The summed E-state index contributed by atoms with van der Waals surface area (Å²) in [5, 5.41) is 12.4. The van der Waals surface area contributed by atoms with Crippen molar-refractivity contribution in [2.45, 2.75) is 52.1 Å². The molecule has 0 aliphatic carbocycles. The van der Waals surface area contributed by atoms with Gasteiger partial charge in [0.25, 0.3) is 0 Å². The minimum Gasteiger partial charge on any atom is -0.508 e. The SMILES string of the molecule is Cc1cc(O)cc(C)c1OCC(C)NC(=O)[C@@H](N)CCCCN. The van der Waals surface area contributed by atoms with Gasteiger partial charge >= 0.3 is 0 Å². The van der Waals surface area contributed by atoms with Crippen LogP contribution in [0.15, 0.2) is 12.1 Å². The van der Waals surface area contributed by atoms with Crippen LogP contribution in [0.5, 0.6) is 11.5 Å². The lowest BCUT2D eigenvalue weighted by atomic mass is 10.1. The van der Waals surface area contributed by atoms with Crippen LogP contribution in [-0.2, 0) is 4.79 Å². The van der Waals surface area contributed by atoms with E-state index in [4.69, 9.17) is 16.2 Å². The molecule has 23 heavy (non-hydrogen) atoms. The van der Waals surface area contributed by atoms with Crippen molar-refractivity contribution >= 4 is 5.91 Å². The van der Waals surface area contributed by atoms with Crippen molar-refractivity contribution in [1.82, 2.24) is 5.32 Å². The van der Waals surface area contributed by atoms with Gasteiger partial charge in [-0.15, -0.1) is 0 Å². The number of hydrogen-bond acceptors (Lipinski definition) is 5. The number of phenolic OH excluding ortho intramolecular Hbond substituents is 1. The fraction of sp³-hybridized carbons (Fsp3) is 0.588. The van der Waals surface area contributed by atoms with Crippen LogP contribution in [0, 0.1) is 13.8 Å². The van der Waals surface area contributed by atoms with Gasteiger partial charge in [0.2, 0.25) is 5.91 Å². The highest BCUT2D eigenvalue weighted by Crippen LogP contribution is 2.27. The van der Waals surface area contributed by atoms with E-state index in [1.54, 1.807) is 12.1 Å². The molecule has 0 saturated carbocycles. The molecule has 2 atom stereocenters. The van der Waals surface area contributed by atoms with Gasteiger partial charge in [0, 0.05) is 0 Å². The first-order valence-electron chi connectivity index (χ1n) is 8.04. The fourth-order valence-corrected chi connectivity index (χ4v) is 2.39. The molecule has 0 aromatic heterocycles. The Labute approximate surface area is 138 Å². The smallest absolute Gasteiger partial charge is 0.237 e. The van der Waals surface area contributed by atoms with Crippen molar-refractivity contribution in [3.63, 3.8) is 0 Å². The van der Waals surface area contributed by atoms with E-state index in [1.165, 1.54) is 0 Å². The quantitative estimate of drug-likeness (QED) is 0.513. The number of carbonyl (C=O) groups is 1. The zero-order chi connectivity index (χ0) is 17.4. The topological polar surface area (TPSA) is 111 Å². The number of phenols is 1. The number of aryl methyl sites for hydroxylation is 2. The van der Waals surface area contributed by atoms with Crippen molar-refractivity contribution in [3.8, 4) is 11.5 Å². The summed E-state index contributed by atoms with van der Waals surface area (Å²) in [5.74, 6) is 0.783. The second kappa shape index (κ2) is 9.37. The Hall–Kier alpha value is -1.79. The van der Waals surface area contributed by atoms with Crippen LogP contribution >= 0.6 is 0 Å². The lowest BCUT2D eigenvalue weighted by Crippen LogP contribution is -2.46. The summed E-state index contributed by atoms with van der Waals surface area (Å²) < 4.78 is 5.78. The van der Waals surface area contributed by atoms with Crippen LogP contribution in [0.1, 0.15) is 37.3 Å². The number of nitrogens with two attached hydrogens (primary N) is 2. The molecule has 0 saturated heterocycles. The molecule has 1 unspecified atom stereocenters. The summed E-state index contributed by atoms with van der Waals surface area (Å²) in [7, 11) is 0. The predicted molar refractivity (Wildman–Crippen MR) is 91.6 cm³/mol. The summed E-state index contributed by atoms with van der Waals surface area (Å²) in [4.78, 5) is 12.0. The third-order valence-electron chi connectivity index (χ3n) is 3.62. The Morgan fingerprint density at radius 1 is 1.30 bits per heavy atom. The zero-order valence-corrected chi connectivity index (χ0v) is 14.3. The van der Waals surface area contributed by atoms with Gasteiger partial charge in [0.1, 0.15) is 18.1 Å². The Balaban J connectivity index is 2.45. The number of ether oxygens (including phenoxy) is 1. The van der Waals surface area contributed by atoms with Crippen LogP contribution in [0.3, 0.4) is 0 Å². The molecule has 0 radical (unpaired) electrons. The molecule has 0 spiro atoms. The maximum atomic E-state index is 12.0. The van der Waals surface area contributed by atoms with Crippen LogP contribution in [-0.4, -0.2) is 36.2 Å². The molecular weight excluding hydrogens is 294 g/mol. The van der Waals surface area contributed by atoms with E-state index in [0.29, 0.717) is 19.6 Å². The number of nitrogens with one attached hydrogen (secondary N) is 1. The van der Waals surface area contributed by atoms with E-state index in [9.17, 15) is 9.90 Å². The van der Waals surface area contributed by atoms with Gasteiger partial charge in [0.05, 0.1) is 12.1 Å². The highest BCUT2D eigenvalue weighted by atomic mass is 16.5. The largest absolute Gasteiger partial charge is 0.508 e. The number of carbonyl (C=O) groups excluding carboxylic acids is 1. The highest BCUT2D eigenvalue weighted by molar-refractivity contribution is 5.81. The molecule has 1 aromatic carbocycles. The first-order chi connectivity index (χ1) is 10.8. The monoisotopic (exact) mass is 323 g/mol. The van der Waals surface area contributed by atoms with Gasteiger partial charge in [-0.25, -0.2) is 0 Å². The number of benzene rings is 1. The van der Waals surface area contributed by atoms with E-state index in [1.807, 2.05) is 20.8 Å². The van der Waals surface area contributed by atoms with Gasteiger partial charge < -0.3 is 26.6 Å². The molecular formula is C17H29N3O3. The number of unbranched alkanes of at least 4 members (excludes halogenated alkanes) is 1. The fourth-order valence-electron chi connectivity index (χ4n) is 2.39. The summed E-state index contributed by atoms with van der Waals surface area (Å²) in [6, 6.07) is 2.63. The molecule has 1 rings (SSSR count). The van der Waals surface area contributed by atoms with Crippen molar-refractivity contribution in [1.29, 1.82) is 0 Å². The number of hydrogen-bond donors (Lipinski definition) is 4. The molecule has 1 amide bonds. The van der Waals surface area contributed by atoms with E-state index >= 15 is 0 Å². The number of aromatic hydroxyl groups is 1. The molecule has 130 valence electrons.